The lowest BCUT2D eigenvalue weighted by atomic mass is 10.2. The fourth-order valence-electron chi connectivity index (χ4n) is 2.28. The van der Waals surface area contributed by atoms with Crippen LogP contribution in [0.2, 0.25) is 0 Å². The number of unbranched alkanes of at least 4 members (excludes halogenated alkanes) is 1. The van der Waals surface area contributed by atoms with E-state index in [0.717, 1.165) is 37.2 Å². The van der Waals surface area contributed by atoms with Crippen molar-refractivity contribution in [2.24, 2.45) is 0 Å². The zero-order chi connectivity index (χ0) is 14.4. The minimum atomic E-state index is -0.0139. The fourth-order valence-corrected chi connectivity index (χ4v) is 2.47. The molecule has 1 aliphatic rings. The van der Waals surface area contributed by atoms with E-state index in [1.54, 1.807) is 4.90 Å². The molecule has 0 aromatic heterocycles. The third-order valence-corrected chi connectivity index (χ3v) is 3.57. The van der Waals surface area contributed by atoms with Gasteiger partial charge in [0.05, 0.1) is 0 Å². The Labute approximate surface area is 124 Å². The number of benzene rings is 1. The van der Waals surface area contributed by atoms with Gasteiger partial charge < -0.3 is 10.2 Å². The lowest BCUT2D eigenvalue weighted by Gasteiger charge is -2.16. The number of nitrogens with zero attached hydrogens (tertiary/aromatic N) is 1. The van der Waals surface area contributed by atoms with Gasteiger partial charge in [0, 0.05) is 36.6 Å². The molecule has 0 unspecified atom stereocenters. The highest BCUT2D eigenvalue weighted by Gasteiger charge is 2.21. The number of carbonyl (C=O) groups is 2. The van der Waals surface area contributed by atoms with Crippen molar-refractivity contribution in [3.8, 4) is 0 Å². The summed E-state index contributed by atoms with van der Waals surface area (Å²) in [5.41, 5.74) is 1.59. The van der Waals surface area contributed by atoms with E-state index in [-0.39, 0.29) is 11.8 Å². The number of rotatable bonds is 6. The zero-order valence-corrected chi connectivity index (χ0v) is 12.2. The van der Waals surface area contributed by atoms with Crippen molar-refractivity contribution in [2.45, 2.75) is 32.1 Å². The first-order valence-corrected chi connectivity index (χ1v) is 7.50. The van der Waals surface area contributed by atoms with Crippen LogP contribution < -0.4 is 10.2 Å². The SMILES string of the molecule is O=C(CCCCCl)Nc1cccc(N2CCCC2=O)c1. The average Bonchev–Trinajstić information content (AvgIpc) is 2.85. The van der Waals surface area contributed by atoms with Crippen LogP contribution in [0.15, 0.2) is 24.3 Å². The number of nitrogens with one attached hydrogen (secondary N) is 1. The van der Waals surface area contributed by atoms with Crippen LogP contribution in [0.1, 0.15) is 32.1 Å². The van der Waals surface area contributed by atoms with Gasteiger partial charge in [-0.3, -0.25) is 9.59 Å². The summed E-state index contributed by atoms with van der Waals surface area (Å²) in [6.07, 6.45) is 3.61. The third-order valence-electron chi connectivity index (χ3n) is 3.30. The predicted octanol–water partition coefficient (Wildman–Crippen LogP) is 3.16. The Kier molecular flexibility index (Phi) is 5.41. The number of carbonyl (C=O) groups excluding carboxylic acids is 2. The van der Waals surface area contributed by atoms with Crippen LogP contribution in [-0.2, 0) is 9.59 Å². The summed E-state index contributed by atoms with van der Waals surface area (Å²) in [6.45, 7) is 0.756. The van der Waals surface area contributed by atoms with Gasteiger partial charge in [-0.05, 0) is 37.5 Å². The van der Waals surface area contributed by atoms with E-state index in [0.29, 0.717) is 18.7 Å². The van der Waals surface area contributed by atoms with Crippen LogP contribution in [-0.4, -0.2) is 24.2 Å². The number of amides is 2. The molecule has 1 aromatic carbocycles. The van der Waals surface area contributed by atoms with E-state index in [9.17, 15) is 9.59 Å². The monoisotopic (exact) mass is 294 g/mol. The smallest absolute Gasteiger partial charge is 0.227 e. The molecule has 2 amide bonds. The minimum Gasteiger partial charge on any atom is -0.326 e. The molecule has 0 spiro atoms. The quantitative estimate of drug-likeness (QED) is 0.647. The Morgan fingerprint density at radius 2 is 2.20 bits per heavy atom. The van der Waals surface area contributed by atoms with Gasteiger partial charge in [-0.1, -0.05) is 6.07 Å². The number of anilines is 2. The molecule has 1 N–H and O–H groups in total. The maximum Gasteiger partial charge on any atom is 0.227 e. The van der Waals surface area contributed by atoms with E-state index in [1.807, 2.05) is 24.3 Å². The van der Waals surface area contributed by atoms with Gasteiger partial charge in [-0.25, -0.2) is 0 Å². The first-order valence-electron chi connectivity index (χ1n) is 6.97. The highest BCUT2D eigenvalue weighted by atomic mass is 35.5. The Morgan fingerprint density at radius 1 is 1.35 bits per heavy atom. The van der Waals surface area contributed by atoms with E-state index < -0.39 is 0 Å². The van der Waals surface area contributed by atoms with Gasteiger partial charge in [0.1, 0.15) is 0 Å². The molecule has 4 nitrogen and oxygen atoms in total. The molecule has 1 heterocycles. The van der Waals surface area contributed by atoms with Crippen molar-refractivity contribution in [1.29, 1.82) is 0 Å². The normalized spacial score (nSPS) is 14.7. The topological polar surface area (TPSA) is 49.4 Å². The second-order valence-corrected chi connectivity index (χ2v) is 5.27. The number of halogens is 1. The van der Waals surface area contributed by atoms with E-state index in [2.05, 4.69) is 5.32 Å². The predicted molar refractivity (Wildman–Crippen MR) is 81.2 cm³/mol. The Hall–Kier alpha value is -1.55. The van der Waals surface area contributed by atoms with E-state index >= 15 is 0 Å². The Balaban J connectivity index is 1.95. The molecular weight excluding hydrogens is 276 g/mol. The van der Waals surface area contributed by atoms with Crippen LogP contribution in [0.5, 0.6) is 0 Å². The Bertz CT molecular complexity index is 491. The summed E-state index contributed by atoms with van der Waals surface area (Å²) >= 11 is 5.58. The minimum absolute atomic E-state index is 0.0139. The fraction of sp³-hybridized carbons (Fsp3) is 0.467. The molecule has 2 rings (SSSR count). The van der Waals surface area contributed by atoms with Gasteiger partial charge in [0.25, 0.3) is 0 Å². The second kappa shape index (κ2) is 7.29. The largest absolute Gasteiger partial charge is 0.326 e. The number of hydrogen-bond acceptors (Lipinski definition) is 2. The van der Waals surface area contributed by atoms with E-state index in [1.165, 1.54) is 0 Å². The molecule has 0 aliphatic carbocycles. The Morgan fingerprint density at radius 3 is 2.90 bits per heavy atom. The summed E-state index contributed by atoms with van der Waals surface area (Å²) in [5.74, 6) is 0.718. The van der Waals surface area contributed by atoms with Crippen LogP contribution in [0.4, 0.5) is 11.4 Å². The maximum atomic E-state index is 11.7. The average molecular weight is 295 g/mol. The van der Waals surface area contributed by atoms with Gasteiger partial charge in [0.2, 0.25) is 11.8 Å². The third kappa shape index (κ3) is 3.97. The molecule has 5 heteroatoms. The standard InChI is InChI=1S/C15H19ClN2O2/c16-9-2-1-7-14(19)17-12-5-3-6-13(11-12)18-10-4-8-15(18)20/h3,5-6,11H,1-2,4,7-10H2,(H,17,19). The zero-order valence-electron chi connectivity index (χ0n) is 11.4. The first kappa shape index (κ1) is 14.9. The highest BCUT2D eigenvalue weighted by Crippen LogP contribution is 2.24. The van der Waals surface area contributed by atoms with Crippen molar-refractivity contribution < 1.29 is 9.59 Å². The van der Waals surface area contributed by atoms with Gasteiger partial charge in [0.15, 0.2) is 0 Å². The van der Waals surface area contributed by atoms with Crippen molar-refractivity contribution in [1.82, 2.24) is 0 Å². The lowest BCUT2D eigenvalue weighted by Crippen LogP contribution is -2.23. The molecular formula is C15H19ClN2O2. The molecule has 20 heavy (non-hydrogen) atoms. The van der Waals surface area contributed by atoms with Crippen molar-refractivity contribution >= 4 is 34.8 Å². The van der Waals surface area contributed by atoms with Gasteiger partial charge in [-0.15, -0.1) is 11.6 Å². The van der Waals surface area contributed by atoms with Gasteiger partial charge >= 0.3 is 0 Å². The summed E-state index contributed by atoms with van der Waals surface area (Å²) in [5, 5.41) is 2.86. The first-order chi connectivity index (χ1) is 9.70. The van der Waals surface area contributed by atoms with Crippen LogP contribution in [0, 0.1) is 0 Å². The van der Waals surface area contributed by atoms with E-state index in [4.69, 9.17) is 11.6 Å². The second-order valence-electron chi connectivity index (χ2n) is 4.89. The molecule has 1 fully saturated rings. The van der Waals surface area contributed by atoms with Gasteiger partial charge in [-0.2, -0.15) is 0 Å². The molecule has 0 atom stereocenters. The lowest BCUT2D eigenvalue weighted by molar-refractivity contribution is -0.117. The van der Waals surface area contributed by atoms with Crippen LogP contribution in [0.3, 0.4) is 0 Å². The molecule has 0 saturated carbocycles. The number of alkyl halides is 1. The highest BCUT2D eigenvalue weighted by molar-refractivity contribution is 6.17. The summed E-state index contributed by atoms with van der Waals surface area (Å²) in [4.78, 5) is 25.2. The summed E-state index contributed by atoms with van der Waals surface area (Å²) in [7, 11) is 0. The molecule has 0 radical (unpaired) electrons. The maximum absolute atomic E-state index is 11.7. The molecule has 108 valence electrons. The van der Waals surface area contributed by atoms with Crippen molar-refractivity contribution in [3.05, 3.63) is 24.3 Å². The molecule has 1 aromatic rings. The molecule has 1 saturated heterocycles. The van der Waals surface area contributed by atoms with Crippen LogP contribution in [0.25, 0.3) is 0 Å². The van der Waals surface area contributed by atoms with Crippen molar-refractivity contribution in [3.63, 3.8) is 0 Å². The summed E-state index contributed by atoms with van der Waals surface area (Å²) < 4.78 is 0. The number of hydrogen-bond donors (Lipinski definition) is 1. The molecule has 1 aliphatic heterocycles. The van der Waals surface area contributed by atoms with Crippen molar-refractivity contribution in [2.75, 3.05) is 22.6 Å². The van der Waals surface area contributed by atoms with Crippen LogP contribution >= 0.6 is 11.6 Å². The summed E-state index contributed by atoms with van der Waals surface area (Å²) in [6, 6.07) is 7.44. The molecule has 0 bridgehead atoms.